The second-order valence-corrected chi connectivity index (χ2v) is 18.4. The Balaban J connectivity index is 1.08. The molecule has 3 aromatic heterocycles. The summed E-state index contributed by atoms with van der Waals surface area (Å²) in [5.74, 6) is 2.35. The Morgan fingerprint density at radius 2 is 0.853 bits per heavy atom. The lowest BCUT2D eigenvalue weighted by atomic mass is 10.00. The largest absolute Gasteiger partial charge is 0.421 e. The highest BCUT2D eigenvalue weighted by atomic mass is 16.4. The molecule has 0 aliphatic heterocycles. The number of aryl methyl sites for hydroxylation is 3. The van der Waals surface area contributed by atoms with E-state index in [4.69, 9.17) is 8.83 Å². The summed E-state index contributed by atoms with van der Waals surface area (Å²) in [5, 5.41) is 40.3. The maximum absolute atomic E-state index is 10.4. The fraction of sp³-hybridized carbons (Fsp3) is 0.424. The van der Waals surface area contributed by atoms with Gasteiger partial charge in [0.2, 0.25) is 23.6 Å². The van der Waals surface area contributed by atoms with Crippen LogP contribution >= 0.6 is 0 Å². The summed E-state index contributed by atoms with van der Waals surface area (Å²) in [5.41, 5.74) is 8.64. The minimum Gasteiger partial charge on any atom is -0.421 e. The highest BCUT2D eigenvalue weighted by Gasteiger charge is 2.15. The van der Waals surface area contributed by atoms with E-state index in [2.05, 4.69) is 94.3 Å². The van der Waals surface area contributed by atoms with Crippen LogP contribution in [-0.4, -0.2) is 25.0 Å². The van der Waals surface area contributed by atoms with Gasteiger partial charge in [0, 0.05) is 52.3 Å². The van der Waals surface area contributed by atoms with E-state index in [-0.39, 0.29) is 0 Å². The number of unbranched alkanes of at least 4 members (excludes halogenated alkanes) is 16. The van der Waals surface area contributed by atoms with Crippen LogP contribution in [0.4, 0.5) is 0 Å². The van der Waals surface area contributed by atoms with Crippen LogP contribution in [0.3, 0.4) is 0 Å². The van der Waals surface area contributed by atoms with Crippen molar-refractivity contribution in [2.24, 2.45) is 0 Å². The van der Waals surface area contributed by atoms with Gasteiger partial charge in [-0.2, -0.15) is 10.5 Å². The molecule has 7 aromatic rings. The molecule has 68 heavy (non-hydrogen) atoms. The zero-order valence-corrected chi connectivity index (χ0v) is 40.7. The van der Waals surface area contributed by atoms with Crippen molar-refractivity contribution in [2.75, 3.05) is 0 Å². The van der Waals surface area contributed by atoms with E-state index in [1.165, 1.54) is 103 Å². The number of aromatic nitrogens is 5. The quantitative estimate of drug-likeness (QED) is 0.0270. The molecule has 0 bridgehead atoms. The number of hydrogen-bond donors (Lipinski definition) is 0. The molecule has 9 heteroatoms. The number of hydrogen-bond acceptors (Lipinski definition) is 8. The molecule has 0 radical (unpaired) electrons. The SMILES string of the molecule is CCCCCCCCCc1nnc(-c2ccc(/C(C#N)=C/c3ccc4c(c3)c3cc(/C=C(\C#N)c5ccc(-c6nnc(CCCCCCCCC)o6)cc5)ccc3n4CCCCCCC)cc2)o1. The Labute approximate surface area is 404 Å². The molecule has 9 nitrogen and oxygen atoms in total. The predicted octanol–water partition coefficient (Wildman–Crippen LogP) is 16.6. The topological polar surface area (TPSA) is 130 Å². The summed E-state index contributed by atoms with van der Waals surface area (Å²) in [6, 6.07) is 33.5. The van der Waals surface area contributed by atoms with Gasteiger partial charge < -0.3 is 13.4 Å². The summed E-state index contributed by atoms with van der Waals surface area (Å²) in [6.07, 6.45) is 28.8. The van der Waals surface area contributed by atoms with E-state index in [0.29, 0.717) is 34.7 Å². The first-order chi connectivity index (χ1) is 33.5. The molecule has 0 aliphatic rings. The zero-order valence-electron chi connectivity index (χ0n) is 40.7. The fourth-order valence-electron chi connectivity index (χ4n) is 9.12. The van der Waals surface area contributed by atoms with Crippen molar-refractivity contribution in [1.82, 2.24) is 25.0 Å². The molecule has 0 unspecified atom stereocenters. The standard InChI is InChI=1S/C59H69N7O2/c1-4-7-10-13-15-17-20-23-56-62-64-58(67-56)48-31-27-46(28-32-48)50(42-60)38-44-25-35-54-52(40-44)53-41-45(26-36-55(53)66(54)37-22-19-12-9-6-3)39-51(43-61)47-29-33-49(34-30-47)59-65-63-57(68-59)24-21-18-16-14-11-8-5-2/h25-36,38-41H,4-24,37H2,1-3H3/b50-38+,51-39+. The number of fused-ring (bicyclic) bond motifs is 3. The van der Waals surface area contributed by atoms with Gasteiger partial charge in [0.25, 0.3) is 0 Å². The molecule has 4 aromatic carbocycles. The molecule has 0 spiro atoms. The summed E-state index contributed by atoms with van der Waals surface area (Å²) in [4.78, 5) is 0. The smallest absolute Gasteiger partial charge is 0.247 e. The average Bonchev–Trinajstić information content (AvgIpc) is 4.13. The first kappa shape index (κ1) is 49.3. The first-order valence-corrected chi connectivity index (χ1v) is 25.7. The highest BCUT2D eigenvalue weighted by Crippen LogP contribution is 2.34. The average molecular weight is 908 g/mol. The van der Waals surface area contributed by atoms with Crippen molar-refractivity contribution in [3.63, 3.8) is 0 Å². The molecule has 352 valence electrons. The van der Waals surface area contributed by atoms with Gasteiger partial charge in [-0.3, -0.25) is 0 Å². The van der Waals surface area contributed by atoms with Gasteiger partial charge in [0.15, 0.2) is 0 Å². The zero-order chi connectivity index (χ0) is 47.3. The van der Waals surface area contributed by atoms with Crippen LogP contribution in [0, 0.1) is 22.7 Å². The van der Waals surface area contributed by atoms with Gasteiger partial charge in [-0.15, -0.1) is 20.4 Å². The van der Waals surface area contributed by atoms with E-state index in [1.54, 1.807) is 0 Å². The molecular formula is C59H69N7O2. The summed E-state index contributed by atoms with van der Waals surface area (Å²) in [7, 11) is 0. The monoisotopic (exact) mass is 908 g/mol. The third kappa shape index (κ3) is 13.5. The Morgan fingerprint density at radius 3 is 1.25 bits per heavy atom. The van der Waals surface area contributed by atoms with Gasteiger partial charge >= 0.3 is 0 Å². The van der Waals surface area contributed by atoms with Gasteiger partial charge in [-0.05, 0) is 102 Å². The van der Waals surface area contributed by atoms with Crippen molar-refractivity contribution >= 4 is 45.1 Å². The van der Waals surface area contributed by atoms with Crippen molar-refractivity contribution in [1.29, 1.82) is 10.5 Å². The second-order valence-electron chi connectivity index (χ2n) is 18.4. The van der Waals surface area contributed by atoms with E-state index < -0.39 is 0 Å². The van der Waals surface area contributed by atoms with Gasteiger partial charge in [-0.1, -0.05) is 160 Å². The normalized spacial score (nSPS) is 12.0. The summed E-state index contributed by atoms with van der Waals surface area (Å²) < 4.78 is 14.5. The van der Waals surface area contributed by atoms with E-state index in [0.717, 1.165) is 93.8 Å². The predicted molar refractivity (Wildman–Crippen MR) is 278 cm³/mol. The maximum Gasteiger partial charge on any atom is 0.247 e. The number of benzene rings is 4. The fourth-order valence-corrected chi connectivity index (χ4v) is 9.12. The molecule has 0 N–H and O–H groups in total. The molecule has 0 saturated heterocycles. The minimum atomic E-state index is 0.501. The van der Waals surface area contributed by atoms with Gasteiger partial charge in [0.05, 0.1) is 23.3 Å². The molecule has 0 amide bonds. The van der Waals surface area contributed by atoms with E-state index in [1.807, 2.05) is 60.7 Å². The third-order valence-electron chi connectivity index (χ3n) is 13.1. The lowest BCUT2D eigenvalue weighted by molar-refractivity contribution is 0.486. The Bertz CT molecular complexity index is 2620. The Kier molecular flexibility index (Phi) is 18.9. The van der Waals surface area contributed by atoms with Crippen molar-refractivity contribution in [3.8, 4) is 35.0 Å². The van der Waals surface area contributed by atoms with Crippen LogP contribution in [0.15, 0.2) is 93.8 Å². The van der Waals surface area contributed by atoms with Crippen molar-refractivity contribution in [2.45, 2.75) is 162 Å². The molecule has 0 aliphatic carbocycles. The molecule has 0 saturated carbocycles. The van der Waals surface area contributed by atoms with Crippen LogP contribution in [-0.2, 0) is 19.4 Å². The second kappa shape index (κ2) is 26.1. The minimum absolute atomic E-state index is 0.501. The summed E-state index contributed by atoms with van der Waals surface area (Å²) >= 11 is 0. The maximum atomic E-state index is 10.4. The van der Waals surface area contributed by atoms with Gasteiger partial charge in [-0.25, -0.2) is 0 Å². The van der Waals surface area contributed by atoms with Crippen LogP contribution < -0.4 is 0 Å². The van der Waals surface area contributed by atoms with Crippen LogP contribution in [0.5, 0.6) is 0 Å². The Hall–Kier alpha value is -6.58. The van der Waals surface area contributed by atoms with Crippen LogP contribution in [0.2, 0.25) is 0 Å². The number of nitriles is 2. The van der Waals surface area contributed by atoms with Crippen molar-refractivity contribution in [3.05, 3.63) is 119 Å². The molecule has 0 atom stereocenters. The number of rotatable bonds is 28. The highest BCUT2D eigenvalue weighted by molar-refractivity contribution is 6.10. The van der Waals surface area contributed by atoms with E-state index >= 15 is 0 Å². The van der Waals surface area contributed by atoms with Crippen molar-refractivity contribution < 1.29 is 8.83 Å². The van der Waals surface area contributed by atoms with E-state index in [9.17, 15) is 10.5 Å². The molecule has 7 rings (SSSR count). The lowest BCUT2D eigenvalue weighted by Gasteiger charge is -2.08. The molecular weight excluding hydrogens is 839 g/mol. The number of allylic oxidation sites excluding steroid dienone is 2. The molecule has 3 heterocycles. The lowest BCUT2D eigenvalue weighted by Crippen LogP contribution is -1.97. The summed E-state index contributed by atoms with van der Waals surface area (Å²) in [6.45, 7) is 7.65. The third-order valence-corrected chi connectivity index (χ3v) is 13.1. The molecule has 0 fully saturated rings. The van der Waals surface area contributed by atoms with Gasteiger partial charge in [0.1, 0.15) is 0 Å². The first-order valence-electron chi connectivity index (χ1n) is 25.7. The van der Waals surface area contributed by atoms with Crippen LogP contribution in [0.25, 0.3) is 68.0 Å². The Morgan fingerprint density at radius 1 is 0.471 bits per heavy atom. The van der Waals surface area contributed by atoms with Crippen LogP contribution in [0.1, 0.15) is 177 Å². The number of nitrogens with zero attached hydrogens (tertiary/aromatic N) is 7.